The quantitative estimate of drug-likeness (QED) is 0.304. The molecule has 1 aliphatic carbocycles. The van der Waals surface area contributed by atoms with E-state index in [9.17, 15) is 13.2 Å². The molecule has 0 radical (unpaired) electrons. The van der Waals surface area contributed by atoms with Gasteiger partial charge in [0.2, 0.25) is 5.95 Å². The molecule has 0 unspecified atom stereocenters. The number of benzene rings is 1. The third-order valence-corrected chi connectivity index (χ3v) is 7.33. The van der Waals surface area contributed by atoms with E-state index in [4.69, 9.17) is 5.10 Å². The van der Waals surface area contributed by atoms with Crippen LogP contribution in [0, 0.1) is 0 Å². The van der Waals surface area contributed by atoms with Crippen LogP contribution in [0.3, 0.4) is 0 Å². The first-order valence-electron chi connectivity index (χ1n) is 13.1. The molecule has 39 heavy (non-hydrogen) atoms. The molecule has 0 spiro atoms. The number of allylic oxidation sites excluding steroid dienone is 2. The molecule has 3 aromatic heterocycles. The Morgan fingerprint density at radius 1 is 1.03 bits per heavy atom. The van der Waals surface area contributed by atoms with E-state index >= 15 is 0 Å². The van der Waals surface area contributed by atoms with Crippen LogP contribution in [0.1, 0.15) is 58.7 Å². The van der Waals surface area contributed by atoms with E-state index in [0.29, 0.717) is 19.5 Å². The summed E-state index contributed by atoms with van der Waals surface area (Å²) in [7, 11) is 0. The molecular weight excluding hydrogens is 501 g/mol. The highest BCUT2D eigenvalue weighted by Gasteiger charge is 2.33. The maximum absolute atomic E-state index is 13.1. The minimum absolute atomic E-state index is 0.270. The van der Waals surface area contributed by atoms with Gasteiger partial charge in [0.05, 0.1) is 22.6 Å². The fraction of sp³-hybridized carbons (Fsp3) is 0.267. The molecule has 0 amide bonds. The first-order valence-corrected chi connectivity index (χ1v) is 13.1. The summed E-state index contributed by atoms with van der Waals surface area (Å²) in [5.74, 6) is 0.270. The van der Waals surface area contributed by atoms with Crippen LogP contribution in [0.15, 0.2) is 54.7 Å². The molecule has 1 N–H and O–H groups in total. The molecule has 0 atom stereocenters. The maximum atomic E-state index is 13.1. The number of aromatic amines is 1. The fourth-order valence-electron chi connectivity index (χ4n) is 5.28. The average Bonchev–Trinajstić information content (AvgIpc) is 3.50. The SMILES string of the molecule is CCc1cccc(CC)c1-n1nc2c(c1C1=C=Cc3cc[nH]c3C=C1)CN(c1ncc(C(F)(F)F)cn1)CC2. The normalized spacial score (nSPS) is 14.7. The molecule has 9 heteroatoms. The maximum Gasteiger partial charge on any atom is 0.419 e. The summed E-state index contributed by atoms with van der Waals surface area (Å²) in [6, 6.07) is 8.37. The van der Waals surface area contributed by atoms with Crippen molar-refractivity contribution in [3.8, 4) is 5.69 Å². The number of alkyl halides is 3. The van der Waals surface area contributed by atoms with Gasteiger partial charge in [0.15, 0.2) is 0 Å². The number of para-hydroxylation sites is 1. The summed E-state index contributed by atoms with van der Waals surface area (Å²) < 4.78 is 41.3. The van der Waals surface area contributed by atoms with Crippen LogP contribution in [0.4, 0.5) is 19.1 Å². The Labute approximate surface area is 224 Å². The lowest BCUT2D eigenvalue weighted by Crippen LogP contribution is -2.32. The smallest absolute Gasteiger partial charge is 0.361 e. The molecule has 6 rings (SSSR count). The van der Waals surface area contributed by atoms with Gasteiger partial charge in [0.25, 0.3) is 0 Å². The summed E-state index contributed by atoms with van der Waals surface area (Å²) in [4.78, 5) is 13.3. The van der Waals surface area contributed by atoms with Crippen LogP contribution in [0.2, 0.25) is 0 Å². The zero-order chi connectivity index (χ0) is 27.1. The number of nitrogens with zero attached hydrogens (tertiary/aromatic N) is 5. The van der Waals surface area contributed by atoms with Gasteiger partial charge in [-0.1, -0.05) is 32.0 Å². The summed E-state index contributed by atoms with van der Waals surface area (Å²) in [5, 5.41) is 5.14. The summed E-state index contributed by atoms with van der Waals surface area (Å²) >= 11 is 0. The van der Waals surface area contributed by atoms with Crippen molar-refractivity contribution in [1.82, 2.24) is 24.7 Å². The number of anilines is 1. The van der Waals surface area contributed by atoms with Crippen molar-refractivity contribution in [3.05, 3.63) is 99.6 Å². The lowest BCUT2D eigenvalue weighted by molar-refractivity contribution is -0.138. The number of aromatic nitrogens is 5. The number of hydrogen-bond donors (Lipinski definition) is 1. The molecule has 0 saturated heterocycles. The second-order valence-electron chi connectivity index (χ2n) is 9.64. The third-order valence-electron chi connectivity index (χ3n) is 7.33. The highest BCUT2D eigenvalue weighted by Crippen LogP contribution is 2.35. The van der Waals surface area contributed by atoms with Gasteiger partial charge in [-0.15, -0.1) is 5.73 Å². The number of nitrogens with one attached hydrogen (secondary N) is 1. The van der Waals surface area contributed by atoms with Crippen LogP contribution in [-0.4, -0.2) is 31.3 Å². The molecule has 0 bridgehead atoms. The number of halogens is 3. The second-order valence-corrected chi connectivity index (χ2v) is 9.64. The van der Waals surface area contributed by atoms with Crippen molar-refractivity contribution in [3.63, 3.8) is 0 Å². The highest BCUT2D eigenvalue weighted by molar-refractivity contribution is 5.85. The second kappa shape index (κ2) is 9.75. The van der Waals surface area contributed by atoms with Crippen molar-refractivity contribution >= 4 is 23.7 Å². The first-order chi connectivity index (χ1) is 18.9. The summed E-state index contributed by atoms with van der Waals surface area (Å²) in [6.07, 6.45) is 7.50. The number of H-pyrrole nitrogens is 1. The van der Waals surface area contributed by atoms with Crippen LogP contribution >= 0.6 is 0 Å². The Morgan fingerprint density at radius 3 is 2.46 bits per heavy atom. The molecule has 0 saturated carbocycles. The van der Waals surface area contributed by atoms with Gasteiger partial charge < -0.3 is 9.88 Å². The molecular formula is C30H27F3N6. The predicted octanol–water partition coefficient (Wildman–Crippen LogP) is 6.42. The number of hydrogen-bond acceptors (Lipinski definition) is 4. The first kappa shape index (κ1) is 24.9. The lowest BCUT2D eigenvalue weighted by atomic mass is 9.99. The van der Waals surface area contributed by atoms with Crippen LogP contribution < -0.4 is 4.90 Å². The van der Waals surface area contributed by atoms with E-state index < -0.39 is 11.7 Å². The van der Waals surface area contributed by atoms with E-state index in [2.05, 4.69) is 57.4 Å². The van der Waals surface area contributed by atoms with Crippen molar-refractivity contribution in [1.29, 1.82) is 0 Å². The summed E-state index contributed by atoms with van der Waals surface area (Å²) in [5.41, 5.74) is 11.9. The minimum Gasteiger partial charge on any atom is -0.361 e. The van der Waals surface area contributed by atoms with Gasteiger partial charge in [-0.25, -0.2) is 14.6 Å². The van der Waals surface area contributed by atoms with Crippen molar-refractivity contribution in [2.75, 3.05) is 11.4 Å². The van der Waals surface area contributed by atoms with E-state index in [1.54, 1.807) is 0 Å². The Bertz CT molecular complexity index is 1610. The minimum atomic E-state index is -4.48. The highest BCUT2D eigenvalue weighted by atomic mass is 19.4. The van der Waals surface area contributed by atoms with Crippen molar-refractivity contribution in [2.45, 2.75) is 45.8 Å². The zero-order valence-electron chi connectivity index (χ0n) is 21.7. The number of rotatable bonds is 5. The van der Waals surface area contributed by atoms with E-state index in [-0.39, 0.29) is 5.95 Å². The molecule has 0 fully saturated rings. The van der Waals surface area contributed by atoms with Crippen molar-refractivity contribution < 1.29 is 13.2 Å². The van der Waals surface area contributed by atoms with E-state index in [1.807, 2.05) is 35.4 Å². The monoisotopic (exact) mass is 528 g/mol. The van der Waals surface area contributed by atoms with Crippen LogP contribution in [0.5, 0.6) is 0 Å². The Balaban J connectivity index is 1.50. The molecule has 1 aromatic carbocycles. The average molecular weight is 529 g/mol. The standard InChI is InChI=1S/C30H27F3N6/c1-3-19-6-5-7-20(4-2)27(19)39-28(22-9-8-21-12-14-34-25(21)11-10-22)24-18-38(15-13-26(24)37-39)29-35-16-23(17-36-29)30(31,32)33/h5-8,10-12,14,16-17,34H,3-4,13,15,18H2,1-2H3. The molecule has 4 aromatic rings. The Hall–Kier alpha value is -4.36. The molecule has 6 nitrogen and oxygen atoms in total. The largest absolute Gasteiger partial charge is 0.419 e. The molecule has 2 aliphatic rings. The van der Waals surface area contributed by atoms with Gasteiger partial charge >= 0.3 is 6.18 Å². The van der Waals surface area contributed by atoms with E-state index in [1.165, 1.54) is 11.1 Å². The number of aryl methyl sites for hydroxylation is 2. The molecule has 1 aliphatic heterocycles. The number of fused-ring (bicyclic) bond motifs is 2. The summed E-state index contributed by atoms with van der Waals surface area (Å²) in [6.45, 7) is 5.26. The van der Waals surface area contributed by atoms with E-state index in [0.717, 1.165) is 64.7 Å². The van der Waals surface area contributed by atoms with Crippen LogP contribution in [0.25, 0.3) is 23.4 Å². The molecule has 4 heterocycles. The molecule has 198 valence electrons. The Kier molecular flexibility index (Phi) is 6.23. The van der Waals surface area contributed by atoms with Gasteiger partial charge in [0, 0.05) is 60.5 Å². The Morgan fingerprint density at radius 2 is 1.77 bits per heavy atom. The van der Waals surface area contributed by atoms with Crippen LogP contribution in [-0.2, 0) is 32.0 Å². The third kappa shape index (κ3) is 4.49. The van der Waals surface area contributed by atoms with Gasteiger partial charge in [-0.3, -0.25) is 0 Å². The van der Waals surface area contributed by atoms with Gasteiger partial charge in [0.1, 0.15) is 0 Å². The van der Waals surface area contributed by atoms with Gasteiger partial charge in [-0.2, -0.15) is 18.3 Å². The fourth-order valence-corrected chi connectivity index (χ4v) is 5.28. The van der Waals surface area contributed by atoms with Gasteiger partial charge in [-0.05, 0) is 48.3 Å². The topological polar surface area (TPSA) is 62.6 Å². The van der Waals surface area contributed by atoms with Crippen molar-refractivity contribution in [2.24, 2.45) is 0 Å². The zero-order valence-corrected chi connectivity index (χ0v) is 21.7. The lowest BCUT2D eigenvalue weighted by Gasteiger charge is -2.27. The predicted molar refractivity (Wildman–Crippen MR) is 145 cm³/mol.